The Hall–Kier alpha value is -2.36. The fraction of sp³-hybridized carbons (Fsp3) is 0.333. The minimum atomic E-state index is 0.771. The molecule has 0 unspecified atom stereocenters. The highest BCUT2D eigenvalue weighted by atomic mass is 32.1. The van der Waals surface area contributed by atoms with Gasteiger partial charge in [0.05, 0.1) is 23.3 Å². The predicted molar refractivity (Wildman–Crippen MR) is 107 cm³/mol. The van der Waals surface area contributed by atoms with Crippen LogP contribution in [-0.4, -0.2) is 0 Å². The number of thiophene rings is 1. The molecule has 0 N–H and O–H groups in total. The van der Waals surface area contributed by atoms with Gasteiger partial charge in [0.2, 0.25) is 0 Å². The predicted octanol–water partition coefficient (Wildman–Crippen LogP) is 6.88. The van der Waals surface area contributed by atoms with Crippen molar-refractivity contribution in [2.75, 3.05) is 0 Å². The normalized spacial score (nSPS) is 10.5. The van der Waals surface area contributed by atoms with Gasteiger partial charge in [0.15, 0.2) is 0 Å². The minimum absolute atomic E-state index is 0.771. The quantitative estimate of drug-likeness (QED) is 0.483. The number of aryl methyl sites for hydroxylation is 1. The molecule has 128 valence electrons. The summed E-state index contributed by atoms with van der Waals surface area (Å²) in [5.41, 5.74) is 4.18. The topological polar surface area (TPSA) is 47.6 Å². The molecule has 0 atom stereocenters. The van der Waals surface area contributed by atoms with Crippen LogP contribution in [0.25, 0.3) is 0 Å². The van der Waals surface area contributed by atoms with Crippen molar-refractivity contribution in [2.24, 2.45) is 0 Å². The molecular formula is C21H28N2S. The van der Waals surface area contributed by atoms with Crippen LogP contribution in [0.15, 0.2) is 59.0 Å². The van der Waals surface area contributed by atoms with Crippen molar-refractivity contribution in [3.63, 3.8) is 0 Å². The molecule has 2 rings (SSSR count). The van der Waals surface area contributed by atoms with Gasteiger partial charge >= 0.3 is 0 Å². The smallest absolute Gasteiger partial charge is 0.1000 e. The summed E-state index contributed by atoms with van der Waals surface area (Å²) < 4.78 is 0. The van der Waals surface area contributed by atoms with Crippen LogP contribution in [-0.2, 0) is 0 Å². The van der Waals surface area contributed by atoms with Crippen molar-refractivity contribution in [1.82, 2.24) is 0 Å². The van der Waals surface area contributed by atoms with E-state index in [9.17, 15) is 0 Å². The Morgan fingerprint density at radius 1 is 1.21 bits per heavy atom. The van der Waals surface area contributed by atoms with Gasteiger partial charge < -0.3 is 0 Å². The fourth-order valence-electron chi connectivity index (χ4n) is 1.24. The third kappa shape index (κ3) is 13.3. The number of hydrogen-bond acceptors (Lipinski definition) is 3. The Morgan fingerprint density at radius 2 is 1.75 bits per heavy atom. The maximum absolute atomic E-state index is 8.38. The third-order valence-corrected chi connectivity index (χ3v) is 3.59. The number of hydrogen-bond donors (Lipinski definition) is 0. The first kappa shape index (κ1) is 23.9. The van der Waals surface area contributed by atoms with E-state index in [0.29, 0.717) is 0 Å². The molecule has 1 aromatic heterocycles. The van der Waals surface area contributed by atoms with E-state index in [4.69, 9.17) is 10.5 Å². The van der Waals surface area contributed by atoms with Crippen LogP contribution >= 0.6 is 11.3 Å². The van der Waals surface area contributed by atoms with Crippen LogP contribution in [0.1, 0.15) is 51.5 Å². The molecule has 24 heavy (non-hydrogen) atoms. The van der Waals surface area contributed by atoms with Crippen LogP contribution in [0.2, 0.25) is 0 Å². The second-order valence-electron chi connectivity index (χ2n) is 5.24. The molecule has 1 aliphatic rings. The molecule has 3 heteroatoms. The van der Waals surface area contributed by atoms with Crippen LogP contribution in [0.4, 0.5) is 0 Å². The van der Waals surface area contributed by atoms with Gasteiger partial charge in [0, 0.05) is 10.3 Å². The summed E-state index contributed by atoms with van der Waals surface area (Å²) in [5.74, 6) is 0. The van der Waals surface area contributed by atoms with Crippen molar-refractivity contribution < 1.29 is 0 Å². The molecular weight excluding hydrogens is 312 g/mol. The first-order valence-corrected chi connectivity index (χ1v) is 8.62. The molecule has 0 radical (unpaired) electrons. The zero-order chi connectivity index (χ0) is 19.0. The summed E-state index contributed by atoms with van der Waals surface area (Å²) in [6.07, 6.45) is 8.67. The first-order valence-electron chi connectivity index (χ1n) is 7.74. The summed E-state index contributed by atoms with van der Waals surface area (Å²) in [7, 11) is 0. The standard InChI is InChI=1S/C7H7N.C6H5NS.C5H10.C3H6/c1-6-3-2-4-7(6)5-8;1-5-2-6(3-7)4-8-5;1-4-5(2)3;1-3-2/h2,4H,3H2,1H3;2,4H,1H3;4H,1-3H3;3H,1H2,2H3. The van der Waals surface area contributed by atoms with Crippen molar-refractivity contribution in [2.45, 2.75) is 48.0 Å². The Balaban J connectivity index is 0. The molecule has 0 amide bonds. The van der Waals surface area contributed by atoms with Gasteiger partial charge in [0.1, 0.15) is 0 Å². The second-order valence-corrected chi connectivity index (χ2v) is 6.36. The van der Waals surface area contributed by atoms with Crippen LogP contribution < -0.4 is 0 Å². The van der Waals surface area contributed by atoms with Crippen LogP contribution in [0, 0.1) is 29.6 Å². The molecule has 0 bridgehead atoms. The molecule has 1 aliphatic carbocycles. The summed E-state index contributed by atoms with van der Waals surface area (Å²) in [6, 6.07) is 6.04. The van der Waals surface area contributed by atoms with Crippen molar-refractivity contribution >= 4 is 11.3 Å². The SMILES string of the molecule is C=CC.CC1=C(C#N)C=CC1.CC=C(C)C.Cc1cc(C#N)cs1. The maximum Gasteiger partial charge on any atom is 0.1000 e. The van der Waals surface area contributed by atoms with Gasteiger partial charge in [-0.25, -0.2) is 0 Å². The van der Waals surface area contributed by atoms with E-state index in [1.54, 1.807) is 17.4 Å². The van der Waals surface area contributed by atoms with E-state index in [0.717, 1.165) is 17.6 Å². The van der Waals surface area contributed by atoms with Crippen molar-refractivity contribution in [3.05, 3.63) is 69.5 Å². The summed E-state index contributed by atoms with van der Waals surface area (Å²) >= 11 is 1.61. The van der Waals surface area contributed by atoms with E-state index in [2.05, 4.69) is 38.6 Å². The van der Waals surface area contributed by atoms with Crippen molar-refractivity contribution in [3.8, 4) is 12.1 Å². The van der Waals surface area contributed by atoms with Gasteiger partial charge in [-0.2, -0.15) is 10.5 Å². The van der Waals surface area contributed by atoms with E-state index in [-0.39, 0.29) is 0 Å². The molecule has 0 saturated carbocycles. The van der Waals surface area contributed by atoms with Crippen LogP contribution in [0.5, 0.6) is 0 Å². The molecule has 0 fully saturated rings. The highest BCUT2D eigenvalue weighted by Gasteiger charge is 2.00. The zero-order valence-corrected chi connectivity index (χ0v) is 16.5. The number of nitrogens with zero attached hydrogens (tertiary/aromatic N) is 2. The van der Waals surface area contributed by atoms with Gasteiger partial charge in [-0.3, -0.25) is 0 Å². The highest BCUT2D eigenvalue weighted by Crippen LogP contribution is 2.16. The molecule has 0 spiro atoms. The zero-order valence-electron chi connectivity index (χ0n) is 15.7. The minimum Gasteiger partial charge on any atom is -0.192 e. The summed E-state index contributed by atoms with van der Waals surface area (Å²) in [5, 5.41) is 18.5. The lowest BCUT2D eigenvalue weighted by molar-refractivity contribution is 1.24. The van der Waals surface area contributed by atoms with Gasteiger partial charge in [-0.05, 0) is 60.1 Å². The highest BCUT2D eigenvalue weighted by molar-refractivity contribution is 7.10. The first-order chi connectivity index (χ1) is 11.4. The van der Waals surface area contributed by atoms with Gasteiger partial charge in [-0.15, -0.1) is 17.9 Å². The average molecular weight is 341 g/mol. The summed E-state index contributed by atoms with van der Waals surface area (Å²) in [4.78, 5) is 1.20. The lowest BCUT2D eigenvalue weighted by Crippen LogP contribution is -1.70. The van der Waals surface area contributed by atoms with Crippen LogP contribution in [0.3, 0.4) is 0 Å². The van der Waals surface area contributed by atoms with Crippen molar-refractivity contribution in [1.29, 1.82) is 10.5 Å². The molecule has 1 heterocycles. The number of allylic oxidation sites excluding steroid dienone is 7. The Kier molecular flexibility index (Phi) is 15.5. The number of rotatable bonds is 0. The van der Waals surface area contributed by atoms with E-state index in [1.165, 1.54) is 16.0 Å². The largest absolute Gasteiger partial charge is 0.192 e. The monoisotopic (exact) mass is 340 g/mol. The van der Waals surface area contributed by atoms with E-state index < -0.39 is 0 Å². The molecule has 0 aliphatic heterocycles. The Labute approximate surface area is 151 Å². The lowest BCUT2D eigenvalue weighted by Gasteiger charge is -1.85. The average Bonchev–Trinajstić information content (AvgIpc) is 3.17. The third-order valence-electron chi connectivity index (χ3n) is 2.73. The Morgan fingerprint density at radius 3 is 1.92 bits per heavy atom. The van der Waals surface area contributed by atoms with E-state index >= 15 is 0 Å². The Bertz CT molecular complexity index is 655. The second kappa shape index (κ2) is 15.5. The maximum atomic E-state index is 8.38. The summed E-state index contributed by atoms with van der Waals surface area (Å²) in [6.45, 7) is 15.4. The molecule has 1 aromatic rings. The van der Waals surface area contributed by atoms with Gasteiger partial charge in [0.25, 0.3) is 0 Å². The molecule has 0 saturated heterocycles. The molecule has 2 nitrogen and oxygen atoms in total. The molecule has 0 aromatic carbocycles. The fourth-order valence-corrected chi connectivity index (χ4v) is 1.87. The lowest BCUT2D eigenvalue weighted by atomic mass is 10.2. The van der Waals surface area contributed by atoms with Gasteiger partial charge in [-0.1, -0.05) is 29.4 Å². The number of nitriles is 2. The van der Waals surface area contributed by atoms with E-state index in [1.807, 2.05) is 51.3 Å².